The van der Waals surface area contributed by atoms with Gasteiger partial charge in [-0.2, -0.15) is 10.2 Å². The first-order valence-corrected chi connectivity index (χ1v) is 8.61. The number of hydrogen-bond acceptors (Lipinski definition) is 5. The molecule has 0 aliphatic carbocycles. The summed E-state index contributed by atoms with van der Waals surface area (Å²) < 4.78 is 3.21. The number of nitro groups is 1. The minimum atomic E-state index is -0.488. The Kier molecular flexibility index (Phi) is 5.82. The zero-order valence-corrected chi connectivity index (χ0v) is 15.0. The summed E-state index contributed by atoms with van der Waals surface area (Å²) >= 11 is 5.79. The first-order chi connectivity index (χ1) is 13.0. The fraction of sp³-hybridized carbons (Fsp3) is 0.235. The molecule has 3 rings (SSSR count). The third-order valence-corrected chi connectivity index (χ3v) is 4.04. The van der Waals surface area contributed by atoms with Crippen LogP contribution in [0.2, 0.25) is 5.02 Å². The zero-order chi connectivity index (χ0) is 19.2. The highest BCUT2D eigenvalue weighted by Gasteiger charge is 2.09. The number of carbonyl (C=O) groups is 1. The molecule has 2 heterocycles. The largest absolute Gasteiger partial charge is 0.352 e. The number of benzene rings is 1. The molecule has 0 saturated carbocycles. The van der Waals surface area contributed by atoms with Gasteiger partial charge in [0.15, 0.2) is 0 Å². The van der Waals surface area contributed by atoms with Gasteiger partial charge in [0.25, 0.3) is 5.91 Å². The number of halogens is 1. The number of carbonyl (C=O) groups excluding carboxylic acids is 1. The lowest BCUT2D eigenvalue weighted by atomic mass is 10.1. The van der Waals surface area contributed by atoms with E-state index < -0.39 is 4.92 Å². The highest BCUT2D eigenvalue weighted by atomic mass is 35.5. The summed E-state index contributed by atoms with van der Waals surface area (Å²) in [6.07, 6.45) is 6.62. The van der Waals surface area contributed by atoms with E-state index in [2.05, 4.69) is 15.5 Å². The Labute approximate surface area is 159 Å². The van der Waals surface area contributed by atoms with E-state index in [1.54, 1.807) is 41.3 Å². The van der Waals surface area contributed by atoms with Crippen LogP contribution in [-0.4, -0.2) is 36.9 Å². The number of aromatic nitrogens is 4. The third kappa shape index (κ3) is 5.14. The van der Waals surface area contributed by atoms with Crippen molar-refractivity contribution in [2.24, 2.45) is 0 Å². The highest BCUT2D eigenvalue weighted by Crippen LogP contribution is 2.11. The van der Waals surface area contributed by atoms with E-state index in [9.17, 15) is 14.9 Å². The van der Waals surface area contributed by atoms with Gasteiger partial charge in [0.2, 0.25) is 0 Å². The molecule has 0 spiro atoms. The first-order valence-electron chi connectivity index (χ1n) is 8.23. The summed E-state index contributed by atoms with van der Waals surface area (Å²) in [6, 6.07) is 7.04. The average Bonchev–Trinajstić information content (AvgIpc) is 3.28. The van der Waals surface area contributed by atoms with Crippen LogP contribution < -0.4 is 5.32 Å². The Hall–Kier alpha value is -3.20. The molecule has 0 aliphatic rings. The van der Waals surface area contributed by atoms with Crippen LogP contribution in [0.1, 0.15) is 22.3 Å². The minimum Gasteiger partial charge on any atom is -0.352 e. The van der Waals surface area contributed by atoms with Gasteiger partial charge in [-0.05, 0) is 24.1 Å². The fourth-order valence-electron chi connectivity index (χ4n) is 2.49. The highest BCUT2D eigenvalue weighted by molar-refractivity contribution is 6.30. The van der Waals surface area contributed by atoms with Gasteiger partial charge in [0.1, 0.15) is 12.4 Å². The molecule has 140 valence electrons. The van der Waals surface area contributed by atoms with Gasteiger partial charge in [-0.3, -0.25) is 24.3 Å². The van der Waals surface area contributed by atoms with Crippen LogP contribution in [-0.2, 0) is 13.1 Å². The van der Waals surface area contributed by atoms with Crippen molar-refractivity contribution >= 4 is 23.2 Å². The Morgan fingerprint density at radius 3 is 2.52 bits per heavy atom. The van der Waals surface area contributed by atoms with Crippen LogP contribution in [0.5, 0.6) is 0 Å². The first kappa shape index (κ1) is 18.6. The van der Waals surface area contributed by atoms with E-state index >= 15 is 0 Å². The average molecular weight is 389 g/mol. The molecule has 0 fully saturated rings. The lowest BCUT2D eigenvalue weighted by molar-refractivity contribution is -0.385. The molecular formula is C17H17ClN6O3. The predicted molar refractivity (Wildman–Crippen MR) is 98.6 cm³/mol. The van der Waals surface area contributed by atoms with Crippen molar-refractivity contribution in [3.8, 4) is 0 Å². The van der Waals surface area contributed by atoms with Crippen molar-refractivity contribution in [3.05, 3.63) is 75.3 Å². The van der Waals surface area contributed by atoms with E-state index in [-0.39, 0.29) is 11.6 Å². The van der Waals surface area contributed by atoms with Crippen LogP contribution in [0, 0.1) is 10.1 Å². The SMILES string of the molecule is O=C(NCCCn1cc(Cl)cn1)c1ccc(Cn2cc([N+](=O)[O-])cn2)cc1. The van der Waals surface area contributed by atoms with Gasteiger partial charge >= 0.3 is 5.69 Å². The van der Waals surface area contributed by atoms with Crippen molar-refractivity contribution in [1.29, 1.82) is 0 Å². The van der Waals surface area contributed by atoms with E-state index in [0.717, 1.165) is 12.0 Å². The van der Waals surface area contributed by atoms with E-state index in [1.165, 1.54) is 17.1 Å². The second kappa shape index (κ2) is 8.45. The van der Waals surface area contributed by atoms with Crippen molar-refractivity contribution in [1.82, 2.24) is 24.9 Å². The Morgan fingerprint density at radius 1 is 1.15 bits per heavy atom. The minimum absolute atomic E-state index is 0.0524. The Balaban J connectivity index is 1.47. The molecule has 0 radical (unpaired) electrons. The van der Waals surface area contributed by atoms with Crippen LogP contribution in [0.3, 0.4) is 0 Å². The van der Waals surface area contributed by atoms with Crippen LogP contribution in [0.25, 0.3) is 0 Å². The summed E-state index contributed by atoms with van der Waals surface area (Å²) in [4.78, 5) is 22.3. The third-order valence-electron chi connectivity index (χ3n) is 3.84. The molecule has 1 aromatic carbocycles. The van der Waals surface area contributed by atoms with Crippen LogP contribution in [0.15, 0.2) is 49.1 Å². The van der Waals surface area contributed by atoms with Gasteiger partial charge in [-0.25, -0.2) is 0 Å². The maximum Gasteiger partial charge on any atom is 0.307 e. The van der Waals surface area contributed by atoms with Gasteiger partial charge in [0, 0.05) is 24.8 Å². The summed E-state index contributed by atoms with van der Waals surface area (Å²) in [5, 5.41) is 22.1. The lowest BCUT2D eigenvalue weighted by Gasteiger charge is -2.07. The van der Waals surface area contributed by atoms with E-state index in [0.29, 0.717) is 30.2 Å². The topological polar surface area (TPSA) is 108 Å². The van der Waals surface area contributed by atoms with E-state index in [4.69, 9.17) is 11.6 Å². The van der Waals surface area contributed by atoms with Crippen molar-refractivity contribution in [3.63, 3.8) is 0 Å². The fourth-order valence-corrected chi connectivity index (χ4v) is 2.64. The Bertz CT molecular complexity index is 934. The maximum absolute atomic E-state index is 12.2. The molecule has 0 atom stereocenters. The number of amides is 1. The maximum atomic E-state index is 12.2. The molecule has 0 aliphatic heterocycles. The molecule has 1 amide bonds. The summed E-state index contributed by atoms with van der Waals surface area (Å²) in [5.74, 6) is -0.158. The summed E-state index contributed by atoms with van der Waals surface area (Å²) in [6.45, 7) is 1.58. The van der Waals surface area contributed by atoms with Crippen LogP contribution >= 0.6 is 11.6 Å². The molecule has 1 N–H and O–H groups in total. The van der Waals surface area contributed by atoms with Gasteiger partial charge in [-0.1, -0.05) is 23.7 Å². The van der Waals surface area contributed by atoms with Crippen molar-refractivity contribution in [2.75, 3.05) is 6.54 Å². The quantitative estimate of drug-likeness (QED) is 0.362. The summed E-state index contributed by atoms with van der Waals surface area (Å²) in [5.41, 5.74) is 1.39. The second-order valence-corrected chi connectivity index (χ2v) is 6.32. The Morgan fingerprint density at radius 2 is 1.89 bits per heavy atom. The molecule has 9 nitrogen and oxygen atoms in total. The normalized spacial score (nSPS) is 10.7. The zero-order valence-electron chi connectivity index (χ0n) is 14.3. The number of nitrogens with one attached hydrogen (secondary N) is 1. The smallest absolute Gasteiger partial charge is 0.307 e. The molecule has 0 bridgehead atoms. The standard InChI is InChI=1S/C17H17ClN6O3/c18-15-8-20-22(11-15)7-1-6-19-17(25)14-4-2-13(3-5-14)10-23-12-16(9-21-23)24(26)27/h2-5,8-9,11-12H,1,6-7,10H2,(H,19,25). The summed E-state index contributed by atoms with van der Waals surface area (Å²) in [7, 11) is 0. The molecule has 0 unspecified atom stereocenters. The van der Waals surface area contributed by atoms with Gasteiger partial charge in [-0.15, -0.1) is 0 Å². The molecule has 10 heteroatoms. The van der Waals surface area contributed by atoms with Crippen LogP contribution in [0.4, 0.5) is 5.69 Å². The van der Waals surface area contributed by atoms with E-state index in [1.807, 2.05) is 0 Å². The van der Waals surface area contributed by atoms with Crippen molar-refractivity contribution in [2.45, 2.75) is 19.5 Å². The number of rotatable bonds is 8. The van der Waals surface area contributed by atoms with Gasteiger partial charge in [0.05, 0.1) is 22.7 Å². The van der Waals surface area contributed by atoms with Gasteiger partial charge < -0.3 is 5.32 Å². The second-order valence-electron chi connectivity index (χ2n) is 5.88. The molecule has 0 saturated heterocycles. The lowest BCUT2D eigenvalue weighted by Crippen LogP contribution is -2.25. The predicted octanol–water partition coefficient (Wildman–Crippen LogP) is 2.51. The molecule has 3 aromatic rings. The number of hydrogen-bond donors (Lipinski definition) is 1. The number of nitrogens with zero attached hydrogens (tertiary/aromatic N) is 5. The monoisotopic (exact) mass is 388 g/mol. The molecule has 2 aromatic heterocycles. The number of aryl methyl sites for hydroxylation is 1. The van der Waals surface area contributed by atoms with Crippen molar-refractivity contribution < 1.29 is 9.72 Å². The molecule has 27 heavy (non-hydrogen) atoms. The molecular weight excluding hydrogens is 372 g/mol.